The summed E-state index contributed by atoms with van der Waals surface area (Å²) >= 11 is 0. The predicted octanol–water partition coefficient (Wildman–Crippen LogP) is -1.09. The fraction of sp³-hybridized carbons (Fsp3) is 0.312. The summed E-state index contributed by atoms with van der Waals surface area (Å²) < 4.78 is 0. The Bertz CT molecular complexity index is 708. The minimum absolute atomic E-state index is 0.0277. The third kappa shape index (κ3) is 4.15. The first-order valence-electron chi connectivity index (χ1n) is 7.94. The summed E-state index contributed by atoms with van der Waals surface area (Å²) in [7, 11) is 0. The molecule has 0 spiro atoms. The quantitative estimate of drug-likeness (QED) is 0.337. The number of rotatable bonds is 6. The van der Waals surface area contributed by atoms with Crippen LogP contribution >= 0.6 is 0 Å². The molecule has 1 aromatic rings. The van der Waals surface area contributed by atoms with Crippen molar-refractivity contribution in [2.24, 2.45) is 0 Å². The first kappa shape index (κ1) is 18.9. The van der Waals surface area contributed by atoms with Crippen molar-refractivity contribution in [3.63, 3.8) is 0 Å². The Hall–Kier alpha value is -3.43. The number of hydrogen-bond donors (Lipinski definition) is 3. The van der Waals surface area contributed by atoms with Crippen molar-refractivity contribution in [3.05, 3.63) is 35.9 Å². The standard InChI is InChI=1S/C16H19N5O5/c1-2-20-8-9-21(15(25)14(20)24)16(26)18-12(13(23)19-17-10-22)11-6-4-3-5-7-11/h3-7,10,12H,2,8-9H2,1H3,(H,17,22)(H,18,26)(H,19,23). The Morgan fingerprint density at radius 3 is 2.46 bits per heavy atom. The lowest BCUT2D eigenvalue weighted by molar-refractivity contribution is -0.153. The van der Waals surface area contributed by atoms with Crippen LogP contribution in [0.3, 0.4) is 0 Å². The van der Waals surface area contributed by atoms with Crippen LogP contribution in [0.5, 0.6) is 0 Å². The number of nitrogens with one attached hydrogen (secondary N) is 3. The van der Waals surface area contributed by atoms with Crippen LogP contribution < -0.4 is 16.2 Å². The summed E-state index contributed by atoms with van der Waals surface area (Å²) in [5, 5.41) is 2.42. The van der Waals surface area contributed by atoms with E-state index >= 15 is 0 Å². The van der Waals surface area contributed by atoms with Gasteiger partial charge in [0, 0.05) is 19.6 Å². The molecule has 10 heteroatoms. The predicted molar refractivity (Wildman–Crippen MR) is 89.0 cm³/mol. The molecule has 138 valence electrons. The van der Waals surface area contributed by atoms with Crippen LogP contribution in [0.1, 0.15) is 18.5 Å². The minimum atomic E-state index is -1.16. The lowest BCUT2D eigenvalue weighted by Gasteiger charge is -2.32. The first-order chi connectivity index (χ1) is 12.5. The van der Waals surface area contributed by atoms with Gasteiger partial charge in [-0.3, -0.25) is 34.9 Å². The maximum atomic E-state index is 12.5. The molecule has 6 amide bonds. The van der Waals surface area contributed by atoms with Gasteiger partial charge in [0.05, 0.1) is 0 Å². The number of carbonyl (C=O) groups excluding carboxylic acids is 5. The number of hydrazine groups is 1. The van der Waals surface area contributed by atoms with E-state index in [0.717, 1.165) is 4.90 Å². The van der Waals surface area contributed by atoms with Crippen molar-refractivity contribution in [1.29, 1.82) is 0 Å². The highest BCUT2D eigenvalue weighted by Gasteiger charge is 2.36. The molecule has 26 heavy (non-hydrogen) atoms. The van der Waals surface area contributed by atoms with Gasteiger partial charge in [0.1, 0.15) is 6.04 Å². The monoisotopic (exact) mass is 361 g/mol. The highest BCUT2D eigenvalue weighted by Crippen LogP contribution is 2.14. The normalized spacial score (nSPS) is 15.3. The van der Waals surface area contributed by atoms with Crippen LogP contribution in [0.2, 0.25) is 0 Å². The fourth-order valence-corrected chi connectivity index (χ4v) is 2.49. The average molecular weight is 361 g/mol. The molecule has 2 rings (SSSR count). The van der Waals surface area contributed by atoms with Crippen molar-refractivity contribution in [2.45, 2.75) is 13.0 Å². The van der Waals surface area contributed by atoms with Crippen LogP contribution in [0.4, 0.5) is 4.79 Å². The van der Waals surface area contributed by atoms with Crippen LogP contribution in [0, 0.1) is 0 Å². The molecule has 10 nitrogen and oxygen atoms in total. The molecule has 1 aliphatic rings. The van der Waals surface area contributed by atoms with E-state index in [0.29, 0.717) is 12.1 Å². The summed E-state index contributed by atoms with van der Waals surface area (Å²) in [6.07, 6.45) is 0.272. The first-order valence-corrected chi connectivity index (χ1v) is 7.94. The van der Waals surface area contributed by atoms with Gasteiger partial charge in [0.2, 0.25) is 6.41 Å². The van der Waals surface area contributed by atoms with Gasteiger partial charge in [-0.25, -0.2) is 4.79 Å². The number of hydrogen-bond acceptors (Lipinski definition) is 5. The summed E-state index contributed by atoms with van der Waals surface area (Å²) in [4.78, 5) is 61.2. The molecule has 0 bridgehead atoms. The lowest BCUT2D eigenvalue weighted by atomic mass is 10.1. The van der Waals surface area contributed by atoms with E-state index in [1.165, 1.54) is 4.90 Å². The van der Waals surface area contributed by atoms with Gasteiger partial charge in [0.25, 0.3) is 5.91 Å². The van der Waals surface area contributed by atoms with Crippen molar-refractivity contribution in [3.8, 4) is 0 Å². The third-order valence-corrected chi connectivity index (χ3v) is 3.85. The van der Waals surface area contributed by atoms with E-state index in [4.69, 9.17) is 0 Å². The molecule has 0 aliphatic carbocycles. The van der Waals surface area contributed by atoms with E-state index < -0.39 is 29.8 Å². The number of amides is 6. The SMILES string of the molecule is CCN1CCN(C(=O)NC(C(=O)NNC=O)c2ccccc2)C(=O)C1=O. The minimum Gasteiger partial charge on any atom is -0.333 e. The summed E-state index contributed by atoms with van der Waals surface area (Å²) in [6, 6.07) is 6.25. The highest BCUT2D eigenvalue weighted by atomic mass is 16.2. The highest BCUT2D eigenvalue weighted by molar-refractivity contribution is 6.38. The number of imide groups is 1. The fourth-order valence-electron chi connectivity index (χ4n) is 2.49. The van der Waals surface area contributed by atoms with E-state index in [2.05, 4.69) is 10.7 Å². The molecule has 1 heterocycles. The average Bonchev–Trinajstić information content (AvgIpc) is 2.66. The summed E-state index contributed by atoms with van der Waals surface area (Å²) in [5.74, 6) is -2.42. The number of nitrogens with zero attached hydrogens (tertiary/aromatic N) is 2. The van der Waals surface area contributed by atoms with Gasteiger partial charge in [0.15, 0.2) is 0 Å². The van der Waals surface area contributed by atoms with Gasteiger partial charge in [-0.05, 0) is 12.5 Å². The molecule has 0 saturated carbocycles. The van der Waals surface area contributed by atoms with Crippen LogP contribution in [-0.4, -0.2) is 59.6 Å². The molecule has 1 atom stereocenters. The largest absolute Gasteiger partial charge is 0.333 e. The molecule has 1 unspecified atom stereocenters. The van der Waals surface area contributed by atoms with E-state index in [9.17, 15) is 24.0 Å². The topological polar surface area (TPSA) is 128 Å². The molecule has 1 fully saturated rings. The Morgan fingerprint density at radius 2 is 1.85 bits per heavy atom. The Morgan fingerprint density at radius 1 is 1.15 bits per heavy atom. The second kappa shape index (κ2) is 8.60. The number of carbonyl (C=O) groups is 5. The molecule has 1 aromatic carbocycles. The molecular weight excluding hydrogens is 342 g/mol. The smallest absolute Gasteiger partial charge is 0.325 e. The number of urea groups is 1. The molecule has 1 aliphatic heterocycles. The van der Waals surface area contributed by atoms with Crippen LogP contribution in [-0.2, 0) is 19.2 Å². The Balaban J connectivity index is 2.16. The molecule has 0 aromatic heterocycles. The summed E-state index contributed by atoms with van der Waals surface area (Å²) in [5.41, 5.74) is 4.57. The van der Waals surface area contributed by atoms with E-state index in [-0.39, 0.29) is 19.5 Å². The van der Waals surface area contributed by atoms with Crippen molar-refractivity contribution in [2.75, 3.05) is 19.6 Å². The van der Waals surface area contributed by atoms with Crippen molar-refractivity contribution >= 4 is 30.2 Å². The van der Waals surface area contributed by atoms with Gasteiger partial charge >= 0.3 is 17.8 Å². The van der Waals surface area contributed by atoms with Gasteiger partial charge in [-0.1, -0.05) is 30.3 Å². The van der Waals surface area contributed by atoms with Gasteiger partial charge in [-0.2, -0.15) is 0 Å². The second-order valence-electron chi connectivity index (χ2n) is 5.39. The van der Waals surface area contributed by atoms with Crippen LogP contribution in [0.25, 0.3) is 0 Å². The maximum Gasteiger partial charge on any atom is 0.325 e. The molecular formula is C16H19N5O5. The van der Waals surface area contributed by atoms with Crippen LogP contribution in [0.15, 0.2) is 30.3 Å². The zero-order valence-corrected chi connectivity index (χ0v) is 14.1. The van der Waals surface area contributed by atoms with Crippen molar-refractivity contribution in [1.82, 2.24) is 26.0 Å². The second-order valence-corrected chi connectivity index (χ2v) is 5.39. The maximum absolute atomic E-state index is 12.5. The number of likely N-dealkylation sites (N-methyl/N-ethyl adjacent to an activating group) is 1. The Labute approximate surface area is 149 Å². The zero-order chi connectivity index (χ0) is 19.1. The zero-order valence-electron chi connectivity index (χ0n) is 14.1. The third-order valence-electron chi connectivity index (χ3n) is 3.85. The van der Waals surface area contributed by atoms with Gasteiger partial charge in [-0.15, -0.1) is 0 Å². The van der Waals surface area contributed by atoms with Gasteiger partial charge < -0.3 is 10.2 Å². The van der Waals surface area contributed by atoms with E-state index in [1.807, 2.05) is 5.43 Å². The Kier molecular flexibility index (Phi) is 6.25. The molecule has 3 N–H and O–H groups in total. The number of piperazine rings is 1. The molecule has 1 saturated heterocycles. The van der Waals surface area contributed by atoms with E-state index in [1.54, 1.807) is 37.3 Å². The molecule has 0 radical (unpaired) electrons. The number of benzene rings is 1. The lowest BCUT2D eigenvalue weighted by Crippen LogP contribution is -2.59. The van der Waals surface area contributed by atoms with Crippen molar-refractivity contribution < 1.29 is 24.0 Å². The summed E-state index contributed by atoms with van der Waals surface area (Å²) in [6.45, 7) is 2.35.